The van der Waals surface area contributed by atoms with E-state index in [9.17, 15) is 20.4 Å². The van der Waals surface area contributed by atoms with Gasteiger partial charge in [-0.25, -0.2) is 0 Å². The molecule has 4 N–H and O–H groups in total. The van der Waals surface area contributed by atoms with E-state index in [1.807, 2.05) is 24.3 Å². The van der Waals surface area contributed by atoms with Gasteiger partial charge in [0.05, 0.1) is 19.6 Å². The average molecular weight is 944 g/mol. The number of hydrogen-bond donors (Lipinski definition) is 4. The molecule has 4 nitrogen and oxygen atoms in total. The van der Waals surface area contributed by atoms with Crippen molar-refractivity contribution in [2.45, 2.75) is 205 Å². The van der Waals surface area contributed by atoms with Crippen LogP contribution in [0.4, 0.5) is 0 Å². The second-order valence-electron chi connectivity index (χ2n) is 25.4. The van der Waals surface area contributed by atoms with E-state index in [1.165, 1.54) is 45.8 Å². The van der Waals surface area contributed by atoms with Gasteiger partial charge in [0.25, 0.3) is 0 Å². The van der Waals surface area contributed by atoms with Crippen molar-refractivity contribution in [3.05, 3.63) is 95.1 Å². The summed E-state index contributed by atoms with van der Waals surface area (Å²) in [5, 5.41) is 42.3. The van der Waals surface area contributed by atoms with Crippen LogP contribution >= 0.6 is 23.5 Å². The van der Waals surface area contributed by atoms with E-state index in [-0.39, 0.29) is 82.8 Å². The van der Waals surface area contributed by atoms with Crippen LogP contribution in [0.25, 0.3) is 0 Å². The maximum atomic E-state index is 10.6. The third-order valence-electron chi connectivity index (χ3n) is 11.3. The Balaban J connectivity index is 0.000000427. The maximum Gasteiger partial charge on any atom is 0.129 e. The van der Waals surface area contributed by atoms with Crippen molar-refractivity contribution in [3.8, 4) is 23.0 Å². The monoisotopic (exact) mass is 943 g/mol. The molecule has 354 valence electrons. The average Bonchev–Trinajstić information content (AvgIpc) is 3.04. The molecule has 0 aromatic heterocycles. The van der Waals surface area contributed by atoms with Gasteiger partial charge in [0.15, 0.2) is 0 Å². The van der Waals surface area contributed by atoms with Crippen LogP contribution in [0, 0.1) is 21.7 Å². The van der Waals surface area contributed by atoms with E-state index in [2.05, 4.69) is 163 Å². The van der Waals surface area contributed by atoms with Gasteiger partial charge in [-0.1, -0.05) is 186 Å². The molecule has 0 unspecified atom stereocenters. The first kappa shape index (κ1) is 56.4. The van der Waals surface area contributed by atoms with E-state index in [4.69, 9.17) is 0 Å². The molecule has 0 aliphatic heterocycles. The third-order valence-corrected chi connectivity index (χ3v) is 13.5. The number of benzene rings is 4. The molecule has 0 radical (unpaired) electrons. The van der Waals surface area contributed by atoms with Crippen LogP contribution in [0.1, 0.15) is 186 Å². The van der Waals surface area contributed by atoms with Crippen LogP contribution in [-0.4, -0.2) is 20.4 Å². The normalized spacial score (nSPS) is 13.3. The van der Waals surface area contributed by atoms with Crippen LogP contribution in [0.15, 0.2) is 92.4 Å². The standard InChI is InChI=1S/2C28H42O2S.Ni/c2*1-25(2,3)17-27(7,8)19-11-13-21(29)23(15-19)31-24-16-20(12-14-22(24)30)28(9,10)18-26(4,5)6;/h2*11-16,29-30H,17-18H2,1-10H3;. The molecule has 0 aliphatic rings. The second-order valence-corrected chi connectivity index (χ2v) is 27.6. The topological polar surface area (TPSA) is 80.9 Å². The molecule has 0 atom stereocenters. The molecular weight excluding hydrogens is 859 g/mol. The number of hydrogen-bond acceptors (Lipinski definition) is 6. The fraction of sp³-hybridized carbons (Fsp3) is 0.571. The van der Waals surface area contributed by atoms with Gasteiger partial charge in [-0.2, -0.15) is 0 Å². The molecule has 0 heterocycles. The van der Waals surface area contributed by atoms with Crippen molar-refractivity contribution in [1.29, 1.82) is 0 Å². The molecule has 0 aliphatic carbocycles. The van der Waals surface area contributed by atoms with E-state index in [0.717, 1.165) is 45.3 Å². The van der Waals surface area contributed by atoms with Crippen LogP contribution < -0.4 is 0 Å². The summed E-state index contributed by atoms with van der Waals surface area (Å²) in [5.41, 5.74) is 5.58. The van der Waals surface area contributed by atoms with E-state index in [0.29, 0.717) is 0 Å². The molecule has 4 aromatic rings. The summed E-state index contributed by atoms with van der Waals surface area (Å²) in [4.78, 5) is 3.11. The summed E-state index contributed by atoms with van der Waals surface area (Å²) in [5.74, 6) is 0.997. The summed E-state index contributed by atoms with van der Waals surface area (Å²) in [6.07, 6.45) is 4.15. The van der Waals surface area contributed by atoms with Gasteiger partial charge in [-0.15, -0.1) is 0 Å². The Hall–Kier alpha value is -2.73. The van der Waals surface area contributed by atoms with Gasteiger partial charge in [-0.3, -0.25) is 0 Å². The quantitative estimate of drug-likeness (QED) is 0.106. The van der Waals surface area contributed by atoms with Gasteiger partial charge < -0.3 is 20.4 Å². The van der Waals surface area contributed by atoms with E-state index >= 15 is 0 Å². The number of aromatic hydroxyl groups is 4. The Morgan fingerprint density at radius 2 is 0.460 bits per heavy atom. The minimum absolute atomic E-state index is 0. The van der Waals surface area contributed by atoms with Gasteiger partial charge in [0.2, 0.25) is 0 Å². The minimum Gasteiger partial charge on any atom is -0.507 e. The molecule has 4 aromatic carbocycles. The fourth-order valence-electron chi connectivity index (χ4n) is 10.0. The minimum atomic E-state index is -0.0140. The second kappa shape index (κ2) is 20.4. The van der Waals surface area contributed by atoms with Crippen molar-refractivity contribution in [2.75, 3.05) is 0 Å². The Kier molecular flexibility index (Phi) is 18.3. The van der Waals surface area contributed by atoms with Crippen molar-refractivity contribution in [3.63, 3.8) is 0 Å². The maximum absolute atomic E-state index is 10.6. The molecule has 0 saturated carbocycles. The van der Waals surface area contributed by atoms with Crippen molar-refractivity contribution in [1.82, 2.24) is 0 Å². The van der Waals surface area contributed by atoms with Crippen LogP contribution in [0.2, 0.25) is 0 Å². The molecule has 0 saturated heterocycles. The summed E-state index contributed by atoms with van der Waals surface area (Å²) < 4.78 is 0. The Morgan fingerprint density at radius 1 is 0.302 bits per heavy atom. The molecule has 0 spiro atoms. The molecule has 4 rings (SSSR count). The van der Waals surface area contributed by atoms with Crippen molar-refractivity contribution in [2.24, 2.45) is 21.7 Å². The van der Waals surface area contributed by atoms with Crippen LogP contribution in [0.3, 0.4) is 0 Å². The fourth-order valence-corrected chi connectivity index (χ4v) is 11.9. The zero-order valence-corrected chi connectivity index (χ0v) is 45.3. The predicted molar refractivity (Wildman–Crippen MR) is 269 cm³/mol. The van der Waals surface area contributed by atoms with Crippen LogP contribution in [-0.2, 0) is 38.2 Å². The largest absolute Gasteiger partial charge is 0.507 e. The Bertz CT molecular complexity index is 1830. The first-order valence-electron chi connectivity index (χ1n) is 22.5. The predicted octanol–water partition coefficient (Wildman–Crippen LogP) is 17.4. The number of rotatable bonds is 12. The summed E-state index contributed by atoms with van der Waals surface area (Å²) in [6.45, 7) is 45.1. The molecule has 0 bridgehead atoms. The first-order chi connectivity index (χ1) is 27.8. The molecule has 0 amide bonds. The molecule has 63 heavy (non-hydrogen) atoms. The first-order valence-corrected chi connectivity index (χ1v) is 24.1. The van der Waals surface area contributed by atoms with Crippen molar-refractivity contribution >= 4 is 23.5 Å². The molecular formula is C56H84NiO4S2. The van der Waals surface area contributed by atoms with E-state index in [1.54, 1.807) is 24.3 Å². The summed E-state index contributed by atoms with van der Waals surface area (Å²) in [6, 6.07) is 23.5. The SMILES string of the molecule is CC(C)(C)CC(C)(C)c1ccc(O)c(Sc2cc(C(C)(C)CC(C)(C)C)ccc2O)c1.CC(C)(C)CC(C)(C)c1ccc(O)c(Sc2cc(C(C)(C)CC(C)(C)C)ccc2O)c1.[Ni]. The summed E-state index contributed by atoms with van der Waals surface area (Å²) in [7, 11) is 0. The summed E-state index contributed by atoms with van der Waals surface area (Å²) >= 11 is 2.87. The van der Waals surface area contributed by atoms with Gasteiger partial charge >= 0.3 is 0 Å². The zero-order chi connectivity index (χ0) is 47.7. The smallest absolute Gasteiger partial charge is 0.129 e. The van der Waals surface area contributed by atoms with Gasteiger partial charge in [0, 0.05) is 16.5 Å². The van der Waals surface area contributed by atoms with Crippen molar-refractivity contribution < 1.29 is 36.9 Å². The number of phenolic OH excluding ortho intramolecular Hbond substituents is 4. The molecule has 7 heteroatoms. The molecule has 0 fully saturated rings. The number of phenols is 4. The Morgan fingerprint density at radius 3 is 0.603 bits per heavy atom. The zero-order valence-electron chi connectivity index (χ0n) is 42.7. The van der Waals surface area contributed by atoms with E-state index < -0.39 is 0 Å². The van der Waals surface area contributed by atoms with Gasteiger partial charge in [0.1, 0.15) is 23.0 Å². The third kappa shape index (κ3) is 17.5. The van der Waals surface area contributed by atoms with Crippen LogP contribution in [0.5, 0.6) is 23.0 Å². The van der Waals surface area contributed by atoms with Gasteiger partial charge in [-0.05, 0) is 140 Å². The Labute approximate surface area is 403 Å².